The van der Waals surface area contributed by atoms with Crippen molar-refractivity contribution in [1.29, 1.82) is 0 Å². The molecule has 3 saturated carbocycles. The molecule has 5 unspecified atom stereocenters. The van der Waals surface area contributed by atoms with E-state index in [1.54, 1.807) is 4.90 Å². The van der Waals surface area contributed by atoms with Crippen LogP contribution in [0.1, 0.15) is 200 Å². The average molecular weight is 602 g/mol. The van der Waals surface area contributed by atoms with Gasteiger partial charge >= 0.3 is 0 Å². The van der Waals surface area contributed by atoms with E-state index in [4.69, 9.17) is 0 Å². The van der Waals surface area contributed by atoms with E-state index in [9.17, 15) is 9.59 Å². The minimum absolute atomic E-state index is 0.323. The third-order valence-corrected chi connectivity index (χ3v) is 11.5. The second kappa shape index (κ2) is 26.4. The minimum atomic E-state index is 0.323. The molecule has 0 heterocycles. The summed E-state index contributed by atoms with van der Waals surface area (Å²) >= 11 is 0. The molecule has 3 rings (SSSR count). The molecule has 0 aliphatic heterocycles. The highest BCUT2D eigenvalue weighted by molar-refractivity contribution is 5.53. The number of hydrogen-bond acceptors (Lipinski definition) is 2. The van der Waals surface area contributed by atoms with Crippen LogP contribution in [0.5, 0.6) is 0 Å². The van der Waals surface area contributed by atoms with Crippen molar-refractivity contribution in [2.75, 3.05) is 13.6 Å². The zero-order valence-electron chi connectivity index (χ0n) is 29.2. The normalized spacial score (nSPS) is 26.7. The summed E-state index contributed by atoms with van der Waals surface area (Å²) in [6.45, 7) is 3.24. The van der Waals surface area contributed by atoms with E-state index in [0.717, 1.165) is 55.9 Å². The monoisotopic (exact) mass is 602 g/mol. The van der Waals surface area contributed by atoms with Gasteiger partial charge in [0.15, 0.2) is 0 Å². The van der Waals surface area contributed by atoms with Crippen LogP contribution >= 0.6 is 0 Å². The van der Waals surface area contributed by atoms with Crippen LogP contribution in [0.3, 0.4) is 0 Å². The Labute approximate surface area is 269 Å². The smallest absolute Gasteiger partial charge is 0.209 e. The topological polar surface area (TPSA) is 37.4 Å². The van der Waals surface area contributed by atoms with Crippen LogP contribution in [-0.4, -0.2) is 31.2 Å². The molecule has 0 aromatic rings. The van der Waals surface area contributed by atoms with Crippen LogP contribution in [0, 0.1) is 29.6 Å². The maximum atomic E-state index is 11.6. The third-order valence-electron chi connectivity index (χ3n) is 11.5. The first-order valence-corrected chi connectivity index (χ1v) is 19.8. The van der Waals surface area contributed by atoms with Gasteiger partial charge in [-0.1, -0.05) is 155 Å². The third kappa shape index (κ3) is 18.0. The minimum Gasteiger partial charge on any atom is -0.348 e. The van der Waals surface area contributed by atoms with Gasteiger partial charge in [-0.2, -0.15) is 0 Å². The molecule has 1 amide bonds. The summed E-state index contributed by atoms with van der Waals surface area (Å²) in [6.07, 6.45) is 43.6. The number of fused-ring (bicyclic) bond motifs is 16. The summed E-state index contributed by atoms with van der Waals surface area (Å²) in [5, 5.41) is 0. The van der Waals surface area contributed by atoms with E-state index < -0.39 is 0 Å². The van der Waals surface area contributed by atoms with Crippen LogP contribution in [0.4, 0.5) is 0 Å². The predicted molar refractivity (Wildman–Crippen MR) is 186 cm³/mol. The standard InChI is InChI=1S/C40H75NO2/c1-3-4-5-6-13-22-29-39-38-28-21-16-15-19-26-36(34-42)25-18-11-7-8-12-20-27-37(31-32-38)40(39)30-23-14-9-10-17-24-33-41(2)35-43/h34-40H,3-33H2,1-2H3. The molecule has 3 nitrogen and oxygen atoms in total. The molecule has 43 heavy (non-hydrogen) atoms. The number of hydrogen-bond donors (Lipinski definition) is 0. The van der Waals surface area contributed by atoms with E-state index in [1.807, 2.05) is 7.05 Å². The van der Waals surface area contributed by atoms with E-state index >= 15 is 0 Å². The maximum Gasteiger partial charge on any atom is 0.209 e. The van der Waals surface area contributed by atoms with Crippen LogP contribution in [0.25, 0.3) is 0 Å². The molecular weight excluding hydrogens is 526 g/mol. The summed E-state index contributed by atoms with van der Waals surface area (Å²) in [7, 11) is 1.89. The molecule has 252 valence electrons. The summed E-state index contributed by atoms with van der Waals surface area (Å²) in [4.78, 5) is 24.2. The van der Waals surface area contributed by atoms with Gasteiger partial charge in [-0.15, -0.1) is 0 Å². The zero-order chi connectivity index (χ0) is 30.8. The Morgan fingerprint density at radius 3 is 1.40 bits per heavy atom. The van der Waals surface area contributed by atoms with E-state index in [-0.39, 0.29) is 0 Å². The van der Waals surface area contributed by atoms with E-state index in [2.05, 4.69) is 6.92 Å². The van der Waals surface area contributed by atoms with Crippen LogP contribution in [-0.2, 0) is 9.59 Å². The molecule has 0 aromatic carbocycles. The van der Waals surface area contributed by atoms with Crippen molar-refractivity contribution in [2.24, 2.45) is 29.6 Å². The van der Waals surface area contributed by atoms with Gasteiger partial charge in [0.05, 0.1) is 0 Å². The Morgan fingerprint density at radius 1 is 0.512 bits per heavy atom. The highest BCUT2D eigenvalue weighted by Gasteiger charge is 2.37. The fourth-order valence-corrected chi connectivity index (χ4v) is 8.80. The second-order valence-corrected chi connectivity index (χ2v) is 15.1. The number of carbonyl (C=O) groups excluding carboxylic acids is 2. The highest BCUT2D eigenvalue weighted by Crippen LogP contribution is 2.48. The lowest BCUT2D eigenvalue weighted by Gasteiger charge is -2.44. The van der Waals surface area contributed by atoms with Crippen molar-refractivity contribution in [2.45, 2.75) is 200 Å². The Kier molecular flexibility index (Phi) is 23.5. The number of unbranched alkanes of at least 4 members (excludes halogenated alkanes) is 10. The van der Waals surface area contributed by atoms with Crippen molar-refractivity contribution < 1.29 is 9.59 Å². The first-order chi connectivity index (χ1) is 21.2. The molecule has 0 N–H and O–H groups in total. The number of amides is 1. The number of aldehydes is 1. The van der Waals surface area contributed by atoms with Crippen molar-refractivity contribution in [3.63, 3.8) is 0 Å². The van der Waals surface area contributed by atoms with E-state index in [0.29, 0.717) is 5.92 Å². The fraction of sp³-hybridized carbons (Fsp3) is 0.950. The summed E-state index contributed by atoms with van der Waals surface area (Å²) < 4.78 is 0. The van der Waals surface area contributed by atoms with Gasteiger partial charge in [0.1, 0.15) is 6.29 Å². The highest BCUT2D eigenvalue weighted by atomic mass is 16.1. The molecule has 2 bridgehead atoms. The van der Waals surface area contributed by atoms with Crippen molar-refractivity contribution >= 4 is 12.7 Å². The SMILES string of the molecule is CCCCCCCCC1C2CCCCCCC(C=O)CCCCCCCCC(CC2)C1CCCCCCCCN(C)C=O. The lowest BCUT2D eigenvalue weighted by atomic mass is 9.61. The first-order valence-electron chi connectivity index (χ1n) is 19.8. The lowest BCUT2D eigenvalue weighted by molar-refractivity contribution is -0.117. The predicted octanol–water partition coefficient (Wildman–Crippen LogP) is 12.1. The Hall–Kier alpha value is -0.860. The summed E-state index contributed by atoms with van der Waals surface area (Å²) in [5.41, 5.74) is 0. The van der Waals surface area contributed by atoms with Crippen LogP contribution in [0.2, 0.25) is 0 Å². The molecule has 0 saturated heterocycles. The fourth-order valence-electron chi connectivity index (χ4n) is 8.80. The Balaban J connectivity index is 1.96. The molecule has 3 aliphatic carbocycles. The second-order valence-electron chi connectivity index (χ2n) is 15.1. The lowest BCUT2D eigenvalue weighted by Crippen LogP contribution is -2.35. The van der Waals surface area contributed by atoms with E-state index in [1.165, 1.54) is 180 Å². The van der Waals surface area contributed by atoms with Gasteiger partial charge in [-0.25, -0.2) is 0 Å². The molecule has 0 spiro atoms. The Morgan fingerprint density at radius 2 is 0.930 bits per heavy atom. The van der Waals surface area contributed by atoms with Gasteiger partial charge in [0, 0.05) is 19.5 Å². The van der Waals surface area contributed by atoms with Gasteiger partial charge in [0.2, 0.25) is 6.41 Å². The van der Waals surface area contributed by atoms with Gasteiger partial charge in [0.25, 0.3) is 0 Å². The zero-order valence-corrected chi connectivity index (χ0v) is 29.2. The average Bonchev–Trinajstić information content (AvgIpc) is 3.02. The number of carbonyl (C=O) groups is 2. The molecule has 0 radical (unpaired) electrons. The molecule has 3 fully saturated rings. The molecule has 3 aliphatic rings. The quantitative estimate of drug-likeness (QED) is 0.116. The van der Waals surface area contributed by atoms with Gasteiger partial charge in [-0.3, -0.25) is 4.79 Å². The van der Waals surface area contributed by atoms with Crippen LogP contribution in [0.15, 0.2) is 0 Å². The largest absolute Gasteiger partial charge is 0.348 e. The number of rotatable bonds is 18. The summed E-state index contributed by atoms with van der Waals surface area (Å²) in [5.74, 6) is 4.23. The molecule has 5 atom stereocenters. The first kappa shape index (κ1) is 38.3. The van der Waals surface area contributed by atoms with Crippen LogP contribution < -0.4 is 0 Å². The van der Waals surface area contributed by atoms with Crippen molar-refractivity contribution in [3.05, 3.63) is 0 Å². The van der Waals surface area contributed by atoms with Crippen molar-refractivity contribution in [3.8, 4) is 0 Å². The van der Waals surface area contributed by atoms with Crippen molar-refractivity contribution in [1.82, 2.24) is 4.90 Å². The molecule has 0 aromatic heterocycles. The van der Waals surface area contributed by atoms with Gasteiger partial charge in [-0.05, 0) is 68.6 Å². The summed E-state index contributed by atoms with van der Waals surface area (Å²) in [6, 6.07) is 0. The Bertz CT molecular complexity index is 650. The molecule has 3 heteroatoms. The van der Waals surface area contributed by atoms with Gasteiger partial charge < -0.3 is 9.69 Å². The molecular formula is C40H75NO2. The number of nitrogens with zero attached hydrogens (tertiary/aromatic N) is 1. The maximum absolute atomic E-state index is 11.6.